The Hall–Kier alpha value is -1.65. The molecule has 0 saturated heterocycles. The Bertz CT molecular complexity index is 530. The van der Waals surface area contributed by atoms with E-state index >= 15 is 0 Å². The summed E-state index contributed by atoms with van der Waals surface area (Å²) in [6.07, 6.45) is 5.25. The van der Waals surface area contributed by atoms with Crippen LogP contribution in [0.1, 0.15) is 18.1 Å². The fourth-order valence-electron chi connectivity index (χ4n) is 1.86. The first-order valence-electron chi connectivity index (χ1n) is 6.23. The van der Waals surface area contributed by atoms with Crippen LogP contribution in [0.15, 0.2) is 36.8 Å². The van der Waals surface area contributed by atoms with Crippen LogP contribution in [0.2, 0.25) is 5.02 Å². The van der Waals surface area contributed by atoms with Crippen molar-refractivity contribution in [2.24, 2.45) is 5.73 Å². The van der Waals surface area contributed by atoms with Gasteiger partial charge in [0.15, 0.2) is 0 Å². The highest BCUT2D eigenvalue weighted by atomic mass is 35.5. The van der Waals surface area contributed by atoms with Gasteiger partial charge in [-0.3, -0.25) is 4.98 Å². The molecule has 0 saturated carbocycles. The van der Waals surface area contributed by atoms with Crippen LogP contribution in [0.5, 0.6) is 0 Å². The summed E-state index contributed by atoms with van der Waals surface area (Å²) >= 11 is 6.04. The van der Waals surface area contributed by atoms with E-state index in [2.05, 4.69) is 21.8 Å². The molecule has 5 heteroatoms. The highest BCUT2D eigenvalue weighted by molar-refractivity contribution is 6.31. The van der Waals surface area contributed by atoms with Gasteiger partial charge < -0.3 is 10.6 Å². The topological polar surface area (TPSA) is 55.0 Å². The summed E-state index contributed by atoms with van der Waals surface area (Å²) in [6, 6.07) is 5.96. The van der Waals surface area contributed by atoms with Crippen molar-refractivity contribution in [2.45, 2.75) is 20.0 Å². The van der Waals surface area contributed by atoms with Crippen LogP contribution in [0.4, 0.5) is 5.82 Å². The van der Waals surface area contributed by atoms with Crippen LogP contribution >= 0.6 is 11.6 Å². The Labute approximate surface area is 118 Å². The predicted molar refractivity (Wildman–Crippen MR) is 78.1 cm³/mol. The third-order valence-electron chi connectivity index (χ3n) is 2.97. The molecular formula is C14H17ClN4. The first-order chi connectivity index (χ1) is 9.24. The molecule has 19 heavy (non-hydrogen) atoms. The van der Waals surface area contributed by atoms with E-state index in [1.54, 1.807) is 18.6 Å². The quantitative estimate of drug-likeness (QED) is 0.912. The fourth-order valence-corrected chi connectivity index (χ4v) is 2.04. The summed E-state index contributed by atoms with van der Waals surface area (Å²) in [4.78, 5) is 10.6. The van der Waals surface area contributed by atoms with Gasteiger partial charge in [0.05, 0.1) is 5.02 Å². The number of halogens is 1. The summed E-state index contributed by atoms with van der Waals surface area (Å²) in [5, 5.41) is 0.617. The van der Waals surface area contributed by atoms with Crippen LogP contribution in [-0.2, 0) is 13.1 Å². The molecule has 0 unspecified atom stereocenters. The SMILES string of the molecule is CCN(Cc1ccncc1)c1cc(CN)c(Cl)cn1. The number of nitrogens with zero attached hydrogens (tertiary/aromatic N) is 3. The van der Waals surface area contributed by atoms with Crippen molar-refractivity contribution in [3.63, 3.8) is 0 Å². The van der Waals surface area contributed by atoms with Gasteiger partial charge in [0.2, 0.25) is 0 Å². The van der Waals surface area contributed by atoms with E-state index in [1.807, 2.05) is 18.2 Å². The second kappa shape index (κ2) is 6.50. The summed E-state index contributed by atoms with van der Waals surface area (Å²) in [6.45, 7) is 4.17. The van der Waals surface area contributed by atoms with E-state index in [4.69, 9.17) is 17.3 Å². The van der Waals surface area contributed by atoms with Gasteiger partial charge in [-0.15, -0.1) is 0 Å². The Morgan fingerprint density at radius 2 is 2.05 bits per heavy atom. The Balaban J connectivity index is 2.22. The van der Waals surface area contributed by atoms with Crippen molar-refractivity contribution >= 4 is 17.4 Å². The molecule has 0 aliphatic carbocycles. The molecule has 2 heterocycles. The summed E-state index contributed by atoms with van der Waals surface area (Å²) in [5.74, 6) is 0.893. The van der Waals surface area contributed by atoms with Gasteiger partial charge >= 0.3 is 0 Å². The second-order valence-corrected chi connectivity index (χ2v) is 4.61. The molecule has 2 N–H and O–H groups in total. The average Bonchev–Trinajstić information content (AvgIpc) is 2.46. The van der Waals surface area contributed by atoms with Crippen LogP contribution in [-0.4, -0.2) is 16.5 Å². The van der Waals surface area contributed by atoms with Gasteiger partial charge in [-0.2, -0.15) is 0 Å². The largest absolute Gasteiger partial charge is 0.353 e. The molecule has 0 fully saturated rings. The van der Waals surface area contributed by atoms with E-state index in [9.17, 15) is 0 Å². The van der Waals surface area contributed by atoms with E-state index in [-0.39, 0.29) is 0 Å². The van der Waals surface area contributed by atoms with Gasteiger partial charge in [-0.1, -0.05) is 11.6 Å². The summed E-state index contributed by atoms with van der Waals surface area (Å²) in [7, 11) is 0. The fraction of sp³-hybridized carbons (Fsp3) is 0.286. The predicted octanol–water partition coefficient (Wildman–Crippen LogP) is 2.62. The molecule has 2 rings (SSSR count). The molecule has 4 nitrogen and oxygen atoms in total. The molecule has 0 aliphatic rings. The van der Waals surface area contributed by atoms with Crippen LogP contribution in [0, 0.1) is 0 Å². The van der Waals surface area contributed by atoms with Crippen molar-refractivity contribution in [3.8, 4) is 0 Å². The summed E-state index contributed by atoms with van der Waals surface area (Å²) in [5.41, 5.74) is 7.79. The number of aromatic nitrogens is 2. The molecular weight excluding hydrogens is 260 g/mol. The number of hydrogen-bond acceptors (Lipinski definition) is 4. The van der Waals surface area contributed by atoms with Crippen LogP contribution < -0.4 is 10.6 Å². The number of nitrogens with two attached hydrogens (primary N) is 1. The van der Waals surface area contributed by atoms with Gasteiger partial charge in [-0.25, -0.2) is 4.98 Å². The highest BCUT2D eigenvalue weighted by Gasteiger charge is 2.09. The molecule has 0 amide bonds. The zero-order valence-electron chi connectivity index (χ0n) is 10.9. The minimum atomic E-state index is 0.418. The van der Waals surface area contributed by atoms with Crippen LogP contribution in [0.25, 0.3) is 0 Å². The molecule has 2 aromatic heterocycles. The van der Waals surface area contributed by atoms with Gasteiger partial charge in [0.1, 0.15) is 5.82 Å². The van der Waals surface area contributed by atoms with Crippen molar-refractivity contribution in [1.82, 2.24) is 9.97 Å². The lowest BCUT2D eigenvalue weighted by Gasteiger charge is -2.22. The lowest BCUT2D eigenvalue weighted by atomic mass is 10.2. The van der Waals surface area contributed by atoms with E-state index in [0.29, 0.717) is 11.6 Å². The zero-order valence-corrected chi connectivity index (χ0v) is 11.6. The Morgan fingerprint density at radius 3 is 2.68 bits per heavy atom. The highest BCUT2D eigenvalue weighted by Crippen LogP contribution is 2.21. The van der Waals surface area contributed by atoms with Gasteiger partial charge in [-0.05, 0) is 36.2 Å². The van der Waals surface area contributed by atoms with E-state index in [1.165, 1.54) is 5.56 Å². The lowest BCUT2D eigenvalue weighted by Crippen LogP contribution is -2.23. The Morgan fingerprint density at radius 1 is 1.32 bits per heavy atom. The molecule has 0 aliphatic heterocycles. The monoisotopic (exact) mass is 276 g/mol. The minimum Gasteiger partial charge on any atom is -0.353 e. The van der Waals surface area contributed by atoms with E-state index in [0.717, 1.165) is 24.5 Å². The standard InChI is InChI=1S/C14H17ClN4/c1-2-19(10-11-3-5-17-6-4-11)14-7-12(8-16)13(15)9-18-14/h3-7,9H,2,8,10,16H2,1H3. The molecule has 0 bridgehead atoms. The molecule has 0 radical (unpaired) electrons. The molecule has 0 spiro atoms. The second-order valence-electron chi connectivity index (χ2n) is 4.21. The number of rotatable bonds is 5. The first kappa shape index (κ1) is 13.8. The Kier molecular flexibility index (Phi) is 4.71. The first-order valence-corrected chi connectivity index (χ1v) is 6.60. The summed E-state index contributed by atoms with van der Waals surface area (Å²) < 4.78 is 0. The number of anilines is 1. The van der Waals surface area contributed by atoms with Crippen LogP contribution in [0.3, 0.4) is 0 Å². The lowest BCUT2D eigenvalue weighted by molar-refractivity contribution is 0.810. The number of pyridine rings is 2. The van der Waals surface area contributed by atoms with Crippen molar-refractivity contribution in [3.05, 3.63) is 52.9 Å². The molecule has 0 atom stereocenters. The van der Waals surface area contributed by atoms with Crippen molar-refractivity contribution in [1.29, 1.82) is 0 Å². The zero-order chi connectivity index (χ0) is 13.7. The molecule has 2 aromatic rings. The van der Waals surface area contributed by atoms with E-state index < -0.39 is 0 Å². The maximum absolute atomic E-state index is 6.04. The van der Waals surface area contributed by atoms with Gasteiger partial charge in [0, 0.05) is 38.2 Å². The third kappa shape index (κ3) is 3.43. The average molecular weight is 277 g/mol. The van der Waals surface area contributed by atoms with Gasteiger partial charge in [0.25, 0.3) is 0 Å². The van der Waals surface area contributed by atoms with Crippen molar-refractivity contribution in [2.75, 3.05) is 11.4 Å². The normalized spacial score (nSPS) is 10.5. The third-order valence-corrected chi connectivity index (χ3v) is 3.31. The van der Waals surface area contributed by atoms with Crippen molar-refractivity contribution < 1.29 is 0 Å². The minimum absolute atomic E-state index is 0.418. The molecule has 100 valence electrons. The molecule has 0 aromatic carbocycles. The maximum atomic E-state index is 6.04. The number of hydrogen-bond donors (Lipinski definition) is 1. The smallest absolute Gasteiger partial charge is 0.129 e. The maximum Gasteiger partial charge on any atom is 0.129 e.